The van der Waals surface area contributed by atoms with Crippen LogP contribution in [0.15, 0.2) is 42.5 Å². The average molecular weight is 282 g/mol. The van der Waals surface area contributed by atoms with E-state index in [2.05, 4.69) is 5.32 Å². The Morgan fingerprint density at radius 1 is 1.11 bits per heavy atom. The van der Waals surface area contributed by atoms with Crippen LogP contribution in [0.1, 0.15) is 24.1 Å². The number of benzene rings is 2. The Labute approximate surface area is 116 Å². The first-order chi connectivity index (χ1) is 9.08. The fraction of sp³-hybridized carbons (Fsp3) is 0.200. The van der Waals surface area contributed by atoms with Gasteiger partial charge in [-0.25, -0.2) is 8.78 Å². The Morgan fingerprint density at radius 3 is 2.47 bits per heavy atom. The molecule has 19 heavy (non-hydrogen) atoms. The zero-order valence-corrected chi connectivity index (χ0v) is 11.2. The van der Waals surface area contributed by atoms with E-state index in [0.717, 1.165) is 11.6 Å². The van der Waals surface area contributed by atoms with E-state index in [0.29, 0.717) is 10.6 Å². The Morgan fingerprint density at radius 2 is 1.79 bits per heavy atom. The van der Waals surface area contributed by atoms with Crippen LogP contribution in [0.5, 0.6) is 0 Å². The molecule has 100 valence electrons. The van der Waals surface area contributed by atoms with Crippen molar-refractivity contribution in [3.63, 3.8) is 0 Å². The molecule has 1 N–H and O–H groups in total. The van der Waals surface area contributed by atoms with Gasteiger partial charge in [0.25, 0.3) is 0 Å². The molecule has 0 aliphatic heterocycles. The van der Waals surface area contributed by atoms with Crippen molar-refractivity contribution >= 4 is 11.6 Å². The Bertz CT molecular complexity index is 555. The van der Waals surface area contributed by atoms with E-state index in [4.69, 9.17) is 11.6 Å². The van der Waals surface area contributed by atoms with Crippen molar-refractivity contribution in [1.29, 1.82) is 0 Å². The van der Waals surface area contributed by atoms with Crippen LogP contribution in [0, 0.1) is 11.6 Å². The van der Waals surface area contributed by atoms with E-state index < -0.39 is 11.6 Å². The summed E-state index contributed by atoms with van der Waals surface area (Å²) in [6, 6.07) is 11.6. The lowest BCUT2D eigenvalue weighted by molar-refractivity contribution is 0.484. The van der Waals surface area contributed by atoms with Crippen molar-refractivity contribution in [2.75, 3.05) is 0 Å². The summed E-state index contributed by atoms with van der Waals surface area (Å²) in [5.41, 5.74) is 1.36. The molecule has 2 aromatic rings. The first-order valence-corrected chi connectivity index (χ1v) is 6.37. The molecule has 0 heterocycles. The third kappa shape index (κ3) is 3.52. The summed E-state index contributed by atoms with van der Waals surface area (Å²) in [7, 11) is 0. The smallest absolute Gasteiger partial charge is 0.163 e. The van der Waals surface area contributed by atoms with E-state index in [9.17, 15) is 8.78 Å². The summed E-state index contributed by atoms with van der Waals surface area (Å²) in [4.78, 5) is 0. The van der Waals surface area contributed by atoms with Crippen LogP contribution in [-0.2, 0) is 6.54 Å². The minimum absolute atomic E-state index is 0.0277. The highest BCUT2D eigenvalue weighted by Gasteiger charge is 2.09. The van der Waals surface area contributed by atoms with Crippen LogP contribution >= 0.6 is 11.6 Å². The van der Waals surface area contributed by atoms with E-state index >= 15 is 0 Å². The van der Waals surface area contributed by atoms with E-state index in [1.165, 1.54) is 6.07 Å². The lowest BCUT2D eigenvalue weighted by atomic mass is 10.1. The summed E-state index contributed by atoms with van der Waals surface area (Å²) in [6.07, 6.45) is 0. The summed E-state index contributed by atoms with van der Waals surface area (Å²) >= 11 is 5.82. The fourth-order valence-corrected chi connectivity index (χ4v) is 1.94. The largest absolute Gasteiger partial charge is 0.306 e. The first-order valence-electron chi connectivity index (χ1n) is 5.99. The normalized spacial score (nSPS) is 12.4. The maximum atomic E-state index is 13.5. The molecule has 0 saturated carbocycles. The third-order valence-electron chi connectivity index (χ3n) is 3.00. The molecule has 0 aliphatic rings. The molecule has 0 spiro atoms. The van der Waals surface area contributed by atoms with Crippen molar-refractivity contribution in [2.45, 2.75) is 19.5 Å². The number of nitrogens with one attached hydrogen (secondary N) is 1. The Kier molecular flexibility index (Phi) is 4.51. The molecular formula is C15H14ClF2N. The molecule has 0 bridgehead atoms. The number of halogens is 3. The lowest BCUT2D eigenvalue weighted by Gasteiger charge is -2.14. The standard InChI is InChI=1S/C15H14ClF2N/c1-10(11-5-7-13(16)8-6-11)19-9-12-3-2-4-14(17)15(12)18/h2-8,10,19H,9H2,1H3. The zero-order chi connectivity index (χ0) is 13.8. The zero-order valence-electron chi connectivity index (χ0n) is 10.5. The number of hydrogen-bond donors (Lipinski definition) is 1. The highest BCUT2D eigenvalue weighted by molar-refractivity contribution is 6.30. The van der Waals surface area contributed by atoms with Crippen molar-refractivity contribution in [3.8, 4) is 0 Å². The highest BCUT2D eigenvalue weighted by atomic mass is 35.5. The van der Waals surface area contributed by atoms with Gasteiger partial charge in [0, 0.05) is 23.2 Å². The van der Waals surface area contributed by atoms with Crippen LogP contribution in [0.2, 0.25) is 5.02 Å². The molecule has 0 aromatic heterocycles. The van der Waals surface area contributed by atoms with Crippen molar-refractivity contribution in [2.24, 2.45) is 0 Å². The van der Waals surface area contributed by atoms with E-state index in [1.54, 1.807) is 18.2 Å². The highest BCUT2D eigenvalue weighted by Crippen LogP contribution is 2.17. The summed E-state index contributed by atoms with van der Waals surface area (Å²) < 4.78 is 26.5. The van der Waals surface area contributed by atoms with Crippen LogP contribution in [0.4, 0.5) is 8.78 Å². The molecule has 2 rings (SSSR count). The second kappa shape index (κ2) is 6.13. The lowest BCUT2D eigenvalue weighted by Crippen LogP contribution is -2.19. The SMILES string of the molecule is CC(NCc1cccc(F)c1F)c1ccc(Cl)cc1. The summed E-state index contributed by atoms with van der Waals surface area (Å²) in [5.74, 6) is -1.61. The number of rotatable bonds is 4. The van der Waals surface area contributed by atoms with Gasteiger partial charge in [0.2, 0.25) is 0 Å². The minimum Gasteiger partial charge on any atom is -0.306 e. The Balaban J connectivity index is 2.02. The predicted octanol–water partition coefficient (Wildman–Crippen LogP) is 4.47. The van der Waals surface area contributed by atoms with Crippen LogP contribution in [-0.4, -0.2) is 0 Å². The predicted molar refractivity (Wildman–Crippen MR) is 73.1 cm³/mol. The van der Waals surface area contributed by atoms with Gasteiger partial charge in [-0.3, -0.25) is 0 Å². The van der Waals surface area contributed by atoms with Gasteiger partial charge >= 0.3 is 0 Å². The molecule has 0 radical (unpaired) electrons. The third-order valence-corrected chi connectivity index (χ3v) is 3.25. The Hall–Kier alpha value is -1.45. The monoisotopic (exact) mass is 281 g/mol. The molecule has 0 saturated heterocycles. The maximum absolute atomic E-state index is 13.5. The van der Waals surface area contributed by atoms with Gasteiger partial charge in [-0.2, -0.15) is 0 Å². The van der Waals surface area contributed by atoms with Crippen molar-refractivity contribution in [3.05, 3.63) is 70.2 Å². The second-order valence-corrected chi connectivity index (χ2v) is 4.80. The van der Waals surface area contributed by atoms with Crippen molar-refractivity contribution < 1.29 is 8.78 Å². The molecule has 1 unspecified atom stereocenters. The van der Waals surface area contributed by atoms with Gasteiger partial charge < -0.3 is 5.32 Å². The maximum Gasteiger partial charge on any atom is 0.163 e. The molecular weight excluding hydrogens is 268 g/mol. The van der Waals surface area contributed by atoms with E-state index in [-0.39, 0.29) is 12.6 Å². The molecule has 1 nitrogen and oxygen atoms in total. The van der Waals surface area contributed by atoms with Gasteiger partial charge in [0.15, 0.2) is 11.6 Å². The second-order valence-electron chi connectivity index (χ2n) is 4.37. The average Bonchev–Trinajstić information content (AvgIpc) is 2.41. The van der Waals surface area contributed by atoms with Crippen LogP contribution < -0.4 is 5.32 Å². The van der Waals surface area contributed by atoms with Crippen LogP contribution in [0.3, 0.4) is 0 Å². The molecule has 1 atom stereocenters. The summed E-state index contributed by atoms with van der Waals surface area (Å²) in [6.45, 7) is 2.23. The molecule has 0 fully saturated rings. The first kappa shape index (κ1) is 14.0. The molecule has 4 heteroatoms. The summed E-state index contributed by atoms with van der Waals surface area (Å²) in [5, 5.41) is 3.83. The van der Waals surface area contributed by atoms with Gasteiger partial charge in [0.1, 0.15) is 0 Å². The van der Waals surface area contributed by atoms with Gasteiger partial charge in [0.05, 0.1) is 0 Å². The van der Waals surface area contributed by atoms with Gasteiger partial charge in [-0.05, 0) is 30.7 Å². The minimum atomic E-state index is -0.821. The quantitative estimate of drug-likeness (QED) is 0.872. The number of hydrogen-bond acceptors (Lipinski definition) is 1. The van der Waals surface area contributed by atoms with Gasteiger partial charge in [-0.1, -0.05) is 35.9 Å². The molecule has 2 aromatic carbocycles. The molecule has 0 amide bonds. The van der Waals surface area contributed by atoms with E-state index in [1.807, 2.05) is 19.1 Å². The van der Waals surface area contributed by atoms with Gasteiger partial charge in [-0.15, -0.1) is 0 Å². The topological polar surface area (TPSA) is 12.0 Å². The van der Waals surface area contributed by atoms with Crippen LogP contribution in [0.25, 0.3) is 0 Å². The fourth-order valence-electron chi connectivity index (χ4n) is 1.82. The molecule has 0 aliphatic carbocycles. The van der Waals surface area contributed by atoms with Crippen molar-refractivity contribution in [1.82, 2.24) is 5.32 Å².